The molecule has 2 N–H and O–H groups in total. The summed E-state index contributed by atoms with van der Waals surface area (Å²) in [7, 11) is 8.22. The molecule has 3 rings (SSSR count). The number of nitrogens with zero attached hydrogens (tertiary/aromatic N) is 2. The first-order chi connectivity index (χ1) is 15.9. The van der Waals surface area contributed by atoms with E-state index in [1.54, 1.807) is 40.7 Å². The monoisotopic (exact) mass is 490 g/mol. The van der Waals surface area contributed by atoms with Crippen LogP contribution in [0.15, 0.2) is 48.8 Å². The third kappa shape index (κ3) is 6.05. The highest BCUT2D eigenvalue weighted by Gasteiger charge is 2.24. The summed E-state index contributed by atoms with van der Waals surface area (Å²) < 4.78 is 23.4. The van der Waals surface area contributed by atoms with Gasteiger partial charge in [-0.1, -0.05) is 0 Å². The molecule has 0 aliphatic rings. The van der Waals surface area contributed by atoms with Crippen LogP contribution in [0, 0.1) is 0 Å². The highest BCUT2D eigenvalue weighted by atomic mass is 35.5. The highest BCUT2D eigenvalue weighted by Crippen LogP contribution is 2.31. The number of halogens is 1. The van der Waals surface area contributed by atoms with Crippen molar-refractivity contribution in [3.8, 4) is 23.0 Å². The second-order valence-corrected chi connectivity index (χ2v) is 7.42. The minimum atomic E-state index is -0.548. The maximum absolute atomic E-state index is 13.1. The Morgan fingerprint density at radius 1 is 0.912 bits per heavy atom. The normalized spacial score (nSPS) is 12.1. The summed E-state index contributed by atoms with van der Waals surface area (Å²) in [4.78, 5) is 17.5. The van der Waals surface area contributed by atoms with E-state index in [-0.39, 0.29) is 24.5 Å². The first-order valence-electron chi connectivity index (χ1n) is 10.4. The van der Waals surface area contributed by atoms with Gasteiger partial charge in [-0.15, -0.1) is 12.4 Å². The van der Waals surface area contributed by atoms with Gasteiger partial charge in [0, 0.05) is 31.1 Å². The van der Waals surface area contributed by atoms with E-state index in [2.05, 4.69) is 15.6 Å². The lowest BCUT2D eigenvalue weighted by Crippen LogP contribution is -2.40. The summed E-state index contributed by atoms with van der Waals surface area (Å²) in [6, 6.07) is 9.65. The van der Waals surface area contributed by atoms with Gasteiger partial charge in [-0.05, 0) is 42.8 Å². The molecule has 10 heteroatoms. The number of nitrogens with one attached hydrogen (secondary N) is 2. The van der Waals surface area contributed by atoms with Gasteiger partial charge in [0.05, 0.1) is 34.5 Å². The van der Waals surface area contributed by atoms with E-state index < -0.39 is 6.04 Å². The Hall–Kier alpha value is -3.59. The third-order valence-corrected chi connectivity index (χ3v) is 5.35. The molecular weight excluding hydrogens is 460 g/mol. The number of amides is 2. The lowest BCUT2D eigenvalue weighted by Gasteiger charge is -2.23. The van der Waals surface area contributed by atoms with Gasteiger partial charge in [-0.2, -0.15) is 0 Å². The average molecular weight is 491 g/mol. The summed E-state index contributed by atoms with van der Waals surface area (Å²) in [5, 5.41) is 6.01. The summed E-state index contributed by atoms with van der Waals surface area (Å²) in [6.07, 6.45) is 3.51. The summed E-state index contributed by atoms with van der Waals surface area (Å²) in [6.45, 7) is 1.88. The molecular formula is C24H31ClN4O5. The molecule has 0 aliphatic heterocycles. The summed E-state index contributed by atoms with van der Waals surface area (Å²) in [5.41, 5.74) is 1.56. The number of ether oxygens (including phenoxy) is 4. The van der Waals surface area contributed by atoms with E-state index in [1.165, 1.54) is 0 Å². The van der Waals surface area contributed by atoms with Gasteiger partial charge in [-0.25, -0.2) is 9.78 Å². The molecule has 0 radical (unpaired) electrons. The fraction of sp³-hybridized carbons (Fsp3) is 0.333. The fourth-order valence-electron chi connectivity index (χ4n) is 3.57. The standard InChI is InChI=1S/C24H30N4O5.ClH/c1-15(20-14-17(30-3)7-8-21(20)33-6)26-24(29)27-22(23-25-9-10-28(23)2)16-11-18(31-4)13-19(12-16)32-5;/h7-15,22H,1-6H3,(H2,26,27,29);1H. The van der Waals surface area contributed by atoms with Gasteiger partial charge in [0.1, 0.15) is 34.9 Å². The van der Waals surface area contributed by atoms with Crippen LogP contribution in [0.3, 0.4) is 0 Å². The molecule has 0 saturated heterocycles. The number of imidazole rings is 1. The molecule has 0 spiro atoms. The van der Waals surface area contributed by atoms with E-state index >= 15 is 0 Å². The van der Waals surface area contributed by atoms with Crippen molar-refractivity contribution in [2.75, 3.05) is 28.4 Å². The third-order valence-electron chi connectivity index (χ3n) is 5.35. The number of hydrogen-bond donors (Lipinski definition) is 2. The maximum Gasteiger partial charge on any atom is 0.316 e. The largest absolute Gasteiger partial charge is 0.497 e. The van der Waals surface area contributed by atoms with Crippen LogP contribution in [0.25, 0.3) is 0 Å². The molecule has 0 bridgehead atoms. The van der Waals surface area contributed by atoms with Crippen LogP contribution >= 0.6 is 12.4 Å². The number of aromatic nitrogens is 2. The molecule has 2 aromatic carbocycles. The Morgan fingerprint density at radius 3 is 2.09 bits per heavy atom. The van der Waals surface area contributed by atoms with Crippen molar-refractivity contribution < 1.29 is 23.7 Å². The molecule has 2 amide bonds. The summed E-state index contributed by atoms with van der Waals surface area (Å²) >= 11 is 0. The van der Waals surface area contributed by atoms with Crippen LogP contribution in [0.4, 0.5) is 4.79 Å². The van der Waals surface area contributed by atoms with E-state index in [0.29, 0.717) is 28.8 Å². The number of carbonyl (C=O) groups is 1. The lowest BCUT2D eigenvalue weighted by atomic mass is 10.0. The highest BCUT2D eigenvalue weighted by molar-refractivity contribution is 5.85. The molecule has 9 nitrogen and oxygen atoms in total. The molecule has 0 fully saturated rings. The van der Waals surface area contributed by atoms with E-state index in [4.69, 9.17) is 18.9 Å². The first kappa shape index (κ1) is 26.7. The number of rotatable bonds is 9. The molecule has 2 unspecified atom stereocenters. The number of methoxy groups -OCH3 is 4. The van der Waals surface area contributed by atoms with Crippen molar-refractivity contribution in [3.63, 3.8) is 0 Å². The van der Waals surface area contributed by atoms with E-state index in [0.717, 1.165) is 11.1 Å². The van der Waals surface area contributed by atoms with Crippen LogP contribution in [0.1, 0.15) is 36.0 Å². The molecule has 2 atom stereocenters. The van der Waals surface area contributed by atoms with Crippen molar-refractivity contribution in [1.29, 1.82) is 0 Å². The van der Waals surface area contributed by atoms with Crippen LogP contribution in [0.5, 0.6) is 23.0 Å². The minimum Gasteiger partial charge on any atom is -0.497 e. The van der Waals surface area contributed by atoms with Crippen molar-refractivity contribution in [3.05, 3.63) is 65.7 Å². The van der Waals surface area contributed by atoms with Crippen LogP contribution < -0.4 is 29.6 Å². The lowest BCUT2D eigenvalue weighted by molar-refractivity contribution is 0.234. The Bertz CT molecular complexity index is 1080. The van der Waals surface area contributed by atoms with Gasteiger partial charge < -0.3 is 34.1 Å². The number of hydrogen-bond acceptors (Lipinski definition) is 6. The second-order valence-electron chi connectivity index (χ2n) is 7.42. The number of benzene rings is 2. The van der Waals surface area contributed by atoms with E-state index in [1.807, 2.05) is 55.1 Å². The van der Waals surface area contributed by atoms with Crippen LogP contribution in [0.2, 0.25) is 0 Å². The zero-order valence-corrected chi connectivity index (χ0v) is 20.9. The van der Waals surface area contributed by atoms with Crippen LogP contribution in [-0.2, 0) is 7.05 Å². The van der Waals surface area contributed by atoms with Crippen molar-refractivity contribution in [2.45, 2.75) is 19.0 Å². The molecule has 0 saturated carbocycles. The Labute approximate surface area is 205 Å². The maximum atomic E-state index is 13.1. The molecule has 1 aromatic heterocycles. The predicted octanol–water partition coefficient (Wildman–Crippen LogP) is 4.03. The Kier molecular flexibility index (Phi) is 9.44. The van der Waals surface area contributed by atoms with Gasteiger partial charge in [0.25, 0.3) is 0 Å². The topological polar surface area (TPSA) is 95.9 Å². The Morgan fingerprint density at radius 2 is 1.56 bits per heavy atom. The average Bonchev–Trinajstić information content (AvgIpc) is 3.26. The zero-order valence-electron chi connectivity index (χ0n) is 20.1. The van der Waals surface area contributed by atoms with Crippen molar-refractivity contribution in [2.24, 2.45) is 7.05 Å². The molecule has 0 aliphatic carbocycles. The quantitative estimate of drug-likeness (QED) is 0.470. The summed E-state index contributed by atoms with van der Waals surface area (Å²) in [5.74, 6) is 3.21. The molecule has 1 heterocycles. The van der Waals surface area contributed by atoms with Gasteiger partial charge in [0.15, 0.2) is 0 Å². The first-order valence-corrected chi connectivity index (χ1v) is 10.4. The fourth-order valence-corrected chi connectivity index (χ4v) is 3.57. The van der Waals surface area contributed by atoms with Crippen molar-refractivity contribution >= 4 is 18.4 Å². The Balaban J connectivity index is 0.00000408. The SMILES string of the molecule is COc1cc(OC)cc(C(NC(=O)NC(C)c2cc(OC)ccc2OC)c2nccn2C)c1.Cl. The van der Waals surface area contributed by atoms with Crippen LogP contribution in [-0.4, -0.2) is 44.0 Å². The van der Waals surface area contributed by atoms with Gasteiger partial charge >= 0.3 is 6.03 Å². The number of carbonyl (C=O) groups excluding carboxylic acids is 1. The van der Waals surface area contributed by atoms with Gasteiger partial charge in [0.2, 0.25) is 0 Å². The minimum absolute atomic E-state index is 0. The zero-order chi connectivity index (χ0) is 24.0. The van der Waals surface area contributed by atoms with Crippen molar-refractivity contribution in [1.82, 2.24) is 20.2 Å². The molecule has 3 aromatic rings. The molecule has 184 valence electrons. The second kappa shape index (κ2) is 12.0. The number of aryl methyl sites for hydroxylation is 1. The smallest absolute Gasteiger partial charge is 0.316 e. The van der Waals surface area contributed by atoms with E-state index in [9.17, 15) is 4.79 Å². The number of urea groups is 1. The van der Waals surface area contributed by atoms with Gasteiger partial charge in [-0.3, -0.25) is 0 Å². The molecule has 34 heavy (non-hydrogen) atoms. The predicted molar refractivity (Wildman–Crippen MR) is 131 cm³/mol.